The molecule has 1 aromatic rings. The standard InChI is InChI=1S/C28H49NO4Si2/c1-13-14-15-29(19-30)24-16-23-17-27(33-34(11,12)28(8,9)10)31-25(23)18-26(24)32-35(20(2)3,21(4)5)22(6)7/h1,17,19-22,24,26H,14-16,18H2,2-12H3/t24-,26-/m0/s1. The first-order chi connectivity index (χ1) is 16.1. The Morgan fingerprint density at radius 1 is 1.14 bits per heavy atom. The molecule has 1 aromatic heterocycles. The van der Waals surface area contributed by atoms with Crippen LogP contribution in [0.15, 0.2) is 10.5 Å². The summed E-state index contributed by atoms with van der Waals surface area (Å²) in [6.45, 7) is 25.4. The number of furan rings is 1. The van der Waals surface area contributed by atoms with Crippen LogP contribution in [0.4, 0.5) is 0 Å². The van der Waals surface area contributed by atoms with Gasteiger partial charge in [-0.1, -0.05) is 62.3 Å². The normalized spacial score (nSPS) is 19.1. The lowest BCUT2D eigenvalue weighted by atomic mass is 9.90. The number of amides is 1. The highest BCUT2D eigenvalue weighted by Gasteiger charge is 2.49. The van der Waals surface area contributed by atoms with Gasteiger partial charge in [0.05, 0.1) is 12.1 Å². The second-order valence-electron chi connectivity index (χ2n) is 12.6. The molecule has 2 rings (SSSR count). The Balaban J connectivity index is 2.48. The molecule has 1 amide bonds. The van der Waals surface area contributed by atoms with E-state index >= 15 is 0 Å². The fourth-order valence-electron chi connectivity index (χ4n) is 5.53. The number of rotatable bonds is 11. The van der Waals surface area contributed by atoms with Gasteiger partial charge in [-0.2, -0.15) is 0 Å². The number of nitrogens with zero attached hydrogens (tertiary/aromatic N) is 1. The van der Waals surface area contributed by atoms with Crippen LogP contribution in [0.1, 0.15) is 80.1 Å². The Labute approximate surface area is 216 Å². The van der Waals surface area contributed by atoms with E-state index in [1.807, 2.05) is 11.0 Å². The van der Waals surface area contributed by atoms with Crippen LogP contribution in [0.25, 0.3) is 0 Å². The highest BCUT2D eigenvalue weighted by Crippen LogP contribution is 2.45. The molecule has 0 radical (unpaired) electrons. The average molecular weight is 520 g/mol. The molecule has 0 fully saturated rings. The average Bonchev–Trinajstić information content (AvgIpc) is 3.10. The zero-order valence-electron chi connectivity index (χ0n) is 24.0. The number of carbonyl (C=O) groups excluding carboxylic acids is 1. The molecule has 198 valence electrons. The minimum absolute atomic E-state index is 0.0743. The summed E-state index contributed by atoms with van der Waals surface area (Å²) in [5.41, 5.74) is 2.47. The van der Waals surface area contributed by atoms with Crippen LogP contribution in [-0.2, 0) is 22.1 Å². The molecule has 35 heavy (non-hydrogen) atoms. The quantitative estimate of drug-likeness (QED) is 0.177. The topological polar surface area (TPSA) is 51.9 Å². The fourth-order valence-corrected chi connectivity index (χ4v) is 12.0. The van der Waals surface area contributed by atoms with Crippen LogP contribution >= 0.6 is 0 Å². The van der Waals surface area contributed by atoms with Crippen LogP contribution < -0.4 is 4.43 Å². The predicted octanol–water partition coefficient (Wildman–Crippen LogP) is 7.17. The van der Waals surface area contributed by atoms with Crippen LogP contribution in [0.5, 0.6) is 5.95 Å². The molecule has 2 atom stereocenters. The Morgan fingerprint density at radius 3 is 2.17 bits per heavy atom. The lowest BCUT2D eigenvalue weighted by Gasteiger charge is -2.48. The Morgan fingerprint density at radius 2 is 1.71 bits per heavy atom. The van der Waals surface area contributed by atoms with Crippen molar-refractivity contribution in [3.63, 3.8) is 0 Å². The second-order valence-corrected chi connectivity index (χ2v) is 22.8. The van der Waals surface area contributed by atoms with Gasteiger partial charge in [0.2, 0.25) is 14.7 Å². The molecule has 0 saturated heterocycles. The van der Waals surface area contributed by atoms with Gasteiger partial charge in [0.25, 0.3) is 14.3 Å². The molecule has 0 aromatic carbocycles. The van der Waals surface area contributed by atoms with Crippen molar-refractivity contribution in [2.24, 2.45) is 0 Å². The largest absolute Gasteiger partial charge is 0.519 e. The SMILES string of the molecule is C#CCCN(C=O)[C@H]1Cc2cc(O[Si](C)(C)C(C)(C)C)oc2C[C@@H]1O[Si](C(C)C)(C(C)C)C(C)C. The molecule has 0 saturated carbocycles. The van der Waals surface area contributed by atoms with E-state index in [0.717, 1.165) is 17.7 Å². The minimum atomic E-state index is -2.17. The third kappa shape index (κ3) is 6.26. The highest BCUT2D eigenvalue weighted by atomic mass is 28.4. The smallest absolute Gasteiger partial charge is 0.270 e. The maximum absolute atomic E-state index is 12.2. The number of carbonyl (C=O) groups is 1. The summed E-state index contributed by atoms with van der Waals surface area (Å²) in [7, 11) is -4.20. The third-order valence-corrected chi connectivity index (χ3v) is 18.9. The fraction of sp³-hybridized carbons (Fsp3) is 0.750. The number of terminal acetylenes is 1. The van der Waals surface area contributed by atoms with Crippen LogP contribution in [0.2, 0.25) is 34.8 Å². The minimum Gasteiger partial charge on any atom is -0.519 e. The van der Waals surface area contributed by atoms with Gasteiger partial charge in [-0.25, -0.2) is 0 Å². The van der Waals surface area contributed by atoms with E-state index in [-0.39, 0.29) is 17.2 Å². The molecule has 0 aliphatic heterocycles. The van der Waals surface area contributed by atoms with E-state index in [9.17, 15) is 4.79 Å². The summed E-state index contributed by atoms with van der Waals surface area (Å²) in [5, 5.41) is 0.0784. The summed E-state index contributed by atoms with van der Waals surface area (Å²) < 4.78 is 20.1. The van der Waals surface area contributed by atoms with Crippen molar-refractivity contribution in [2.45, 2.75) is 128 Å². The van der Waals surface area contributed by atoms with Crippen molar-refractivity contribution in [2.75, 3.05) is 6.54 Å². The lowest BCUT2D eigenvalue weighted by molar-refractivity contribution is -0.122. The summed E-state index contributed by atoms with van der Waals surface area (Å²) >= 11 is 0. The molecule has 0 unspecified atom stereocenters. The van der Waals surface area contributed by atoms with E-state index in [4.69, 9.17) is 19.7 Å². The zero-order valence-corrected chi connectivity index (χ0v) is 26.0. The van der Waals surface area contributed by atoms with Crippen LogP contribution in [0, 0.1) is 12.3 Å². The first-order valence-electron chi connectivity index (χ1n) is 13.2. The molecule has 1 aliphatic carbocycles. The molecule has 0 spiro atoms. The summed E-state index contributed by atoms with van der Waals surface area (Å²) in [4.78, 5) is 14.1. The first-order valence-corrected chi connectivity index (χ1v) is 18.3. The van der Waals surface area contributed by atoms with Gasteiger partial charge in [-0.05, 0) is 46.7 Å². The molecule has 1 heterocycles. The Hall–Kier alpha value is -1.50. The van der Waals surface area contributed by atoms with E-state index in [2.05, 4.69) is 81.3 Å². The maximum Gasteiger partial charge on any atom is 0.270 e. The molecule has 5 nitrogen and oxygen atoms in total. The maximum atomic E-state index is 12.2. The van der Waals surface area contributed by atoms with Crippen molar-refractivity contribution in [1.29, 1.82) is 0 Å². The Kier molecular flexibility index (Phi) is 9.57. The second kappa shape index (κ2) is 11.3. The van der Waals surface area contributed by atoms with Crippen molar-refractivity contribution in [3.8, 4) is 18.3 Å². The first kappa shape index (κ1) is 29.7. The van der Waals surface area contributed by atoms with E-state index in [0.29, 0.717) is 48.4 Å². The van der Waals surface area contributed by atoms with Gasteiger partial charge in [0.1, 0.15) is 5.76 Å². The number of fused-ring (bicyclic) bond motifs is 1. The molecule has 0 bridgehead atoms. The van der Waals surface area contributed by atoms with Crippen molar-refractivity contribution < 1.29 is 18.1 Å². The molecule has 0 N–H and O–H groups in total. The molecule has 1 aliphatic rings. The predicted molar refractivity (Wildman–Crippen MR) is 150 cm³/mol. The molecular formula is C28H49NO4Si2. The zero-order chi connectivity index (χ0) is 26.8. The van der Waals surface area contributed by atoms with Crippen molar-refractivity contribution in [1.82, 2.24) is 4.90 Å². The van der Waals surface area contributed by atoms with Gasteiger partial charge in [-0.15, -0.1) is 12.3 Å². The van der Waals surface area contributed by atoms with Gasteiger partial charge in [0.15, 0.2) is 0 Å². The van der Waals surface area contributed by atoms with Crippen molar-refractivity contribution in [3.05, 3.63) is 17.4 Å². The summed E-state index contributed by atoms with van der Waals surface area (Å²) in [6.07, 6.45) is 8.22. The molecule has 7 heteroatoms. The van der Waals surface area contributed by atoms with Crippen molar-refractivity contribution >= 4 is 23.0 Å². The van der Waals surface area contributed by atoms with Gasteiger partial charge in [0, 0.05) is 25.5 Å². The Bertz CT molecular complexity index is 870. The summed E-state index contributed by atoms with van der Waals surface area (Å²) in [5.74, 6) is 4.22. The van der Waals surface area contributed by atoms with Gasteiger partial charge >= 0.3 is 0 Å². The van der Waals surface area contributed by atoms with Gasteiger partial charge < -0.3 is 18.2 Å². The van der Waals surface area contributed by atoms with Crippen LogP contribution in [0.3, 0.4) is 0 Å². The summed E-state index contributed by atoms with van der Waals surface area (Å²) in [6, 6.07) is 1.97. The van der Waals surface area contributed by atoms with E-state index in [1.165, 1.54) is 0 Å². The van der Waals surface area contributed by atoms with E-state index < -0.39 is 16.6 Å². The lowest BCUT2D eigenvalue weighted by Crippen LogP contribution is -2.57. The number of hydrogen-bond acceptors (Lipinski definition) is 4. The monoisotopic (exact) mass is 519 g/mol. The van der Waals surface area contributed by atoms with Crippen LogP contribution in [-0.4, -0.2) is 46.6 Å². The van der Waals surface area contributed by atoms with Gasteiger partial charge in [-0.3, -0.25) is 4.79 Å². The van der Waals surface area contributed by atoms with E-state index in [1.54, 1.807) is 0 Å². The highest BCUT2D eigenvalue weighted by molar-refractivity contribution is 6.77. The number of hydrogen-bond donors (Lipinski definition) is 0. The molecular weight excluding hydrogens is 470 g/mol. The third-order valence-electron chi connectivity index (χ3n) is 8.42.